The van der Waals surface area contributed by atoms with E-state index >= 15 is 0 Å². The first-order chi connectivity index (χ1) is 28.9. The second-order valence-electron chi connectivity index (χ2n) is 13.9. The summed E-state index contributed by atoms with van der Waals surface area (Å²) in [7, 11) is 0. The lowest BCUT2D eigenvalue weighted by Crippen LogP contribution is -2.09. The van der Waals surface area contributed by atoms with Crippen molar-refractivity contribution >= 4 is 49.4 Å². The third-order valence-corrected chi connectivity index (χ3v) is 10.5. The molecule has 0 heterocycles. The molecule has 0 atom stereocenters. The molecule has 0 fully saturated rings. The topological polar surface area (TPSA) is 3.24 Å². The van der Waals surface area contributed by atoms with Gasteiger partial charge in [0.25, 0.3) is 0 Å². The molecule has 0 aliphatic carbocycles. The molecule has 1 nitrogen and oxygen atoms in total. The van der Waals surface area contributed by atoms with E-state index in [9.17, 15) is 5.48 Å². The molecule has 10 aromatic rings. The van der Waals surface area contributed by atoms with Crippen LogP contribution in [0.2, 0.25) is 0 Å². The quantitative estimate of drug-likeness (QED) is 0.160. The van der Waals surface area contributed by atoms with Gasteiger partial charge >= 0.3 is 0 Å². The van der Waals surface area contributed by atoms with Crippen molar-refractivity contribution < 1.29 is 5.48 Å². The van der Waals surface area contributed by atoms with Crippen LogP contribution in [0, 0.1) is 0 Å². The van der Waals surface area contributed by atoms with Crippen molar-refractivity contribution in [1.29, 1.82) is 0 Å². The van der Waals surface area contributed by atoms with Gasteiger partial charge in [-0.05, 0) is 119 Å². The molecule has 1 heteroatoms. The predicted octanol–water partition coefficient (Wildman–Crippen LogP) is 15.3. The smallest absolute Gasteiger partial charge is 0.0645 e. The van der Waals surface area contributed by atoms with Crippen LogP contribution in [0.5, 0.6) is 0 Å². The van der Waals surface area contributed by atoms with Gasteiger partial charge < -0.3 is 4.90 Å². The van der Waals surface area contributed by atoms with Gasteiger partial charge in [-0.25, -0.2) is 0 Å². The lowest BCUT2D eigenvalue weighted by Gasteiger charge is -2.26. The van der Waals surface area contributed by atoms with Crippen molar-refractivity contribution in [2.75, 3.05) is 4.90 Å². The molecule has 55 heavy (non-hydrogen) atoms. The van der Waals surface area contributed by atoms with Crippen LogP contribution in [-0.2, 0) is 0 Å². The Kier molecular flexibility index (Phi) is 7.19. The number of anilines is 3. The summed E-state index contributed by atoms with van der Waals surface area (Å²) in [4.78, 5) is 1.86. The van der Waals surface area contributed by atoms with Crippen LogP contribution in [0.4, 0.5) is 17.1 Å². The summed E-state index contributed by atoms with van der Waals surface area (Å²) in [5.74, 6) is 0. The molecule has 0 saturated heterocycles. The van der Waals surface area contributed by atoms with E-state index in [2.05, 4.69) is 109 Å². The SMILES string of the molecule is [2H]c1c([2H])c(N(c2ccc(-c3ccc4ccccc4c3-c3ccccc3)cc2)c2ccc3ccccc3c2)c([2H])c([2H])c1-c1ccc(-c2ccc3ccccc3c2)cc1. The highest BCUT2D eigenvalue weighted by atomic mass is 15.1. The number of hydrogen-bond acceptors (Lipinski definition) is 1. The fraction of sp³-hybridized carbons (Fsp3) is 0. The predicted molar refractivity (Wildman–Crippen MR) is 235 cm³/mol. The van der Waals surface area contributed by atoms with Crippen LogP contribution in [0.1, 0.15) is 5.48 Å². The number of rotatable bonds is 7. The molecule has 0 saturated carbocycles. The molecule has 0 spiro atoms. The van der Waals surface area contributed by atoms with Crippen molar-refractivity contribution in [2.24, 2.45) is 0 Å². The highest BCUT2D eigenvalue weighted by Gasteiger charge is 2.16. The van der Waals surface area contributed by atoms with E-state index in [0.29, 0.717) is 5.56 Å². The monoisotopic (exact) mass is 703 g/mol. The summed E-state index contributed by atoms with van der Waals surface area (Å²) < 4.78 is 37.8. The van der Waals surface area contributed by atoms with E-state index in [1.807, 2.05) is 95.9 Å². The Morgan fingerprint density at radius 2 is 0.800 bits per heavy atom. The lowest BCUT2D eigenvalue weighted by molar-refractivity contribution is 1.29. The van der Waals surface area contributed by atoms with Crippen LogP contribution in [0.3, 0.4) is 0 Å². The molecule has 10 aromatic carbocycles. The Hall–Kier alpha value is -7.22. The summed E-state index contributed by atoms with van der Waals surface area (Å²) in [6, 6.07) is 67.6. The summed E-state index contributed by atoms with van der Waals surface area (Å²) in [6.45, 7) is 0. The molecule has 0 aliphatic heterocycles. The zero-order chi connectivity index (χ0) is 40.0. The third kappa shape index (κ3) is 6.22. The Morgan fingerprint density at radius 1 is 0.291 bits per heavy atom. The Balaban J connectivity index is 1.09. The molecule has 0 aliphatic rings. The molecule has 258 valence electrons. The zero-order valence-corrected chi connectivity index (χ0v) is 30.0. The second kappa shape index (κ2) is 14.0. The van der Waals surface area contributed by atoms with Crippen molar-refractivity contribution in [3.8, 4) is 44.5 Å². The molecule has 0 amide bonds. The number of fused-ring (bicyclic) bond motifs is 3. The van der Waals surface area contributed by atoms with Crippen molar-refractivity contribution in [3.05, 3.63) is 224 Å². The Labute approximate surface area is 327 Å². The van der Waals surface area contributed by atoms with Gasteiger partial charge in [0, 0.05) is 17.1 Å². The maximum absolute atomic E-state index is 9.51. The van der Waals surface area contributed by atoms with E-state index in [1.165, 1.54) is 16.2 Å². The molecular formula is C54H37N. The largest absolute Gasteiger partial charge is 0.310 e. The van der Waals surface area contributed by atoms with Crippen LogP contribution in [0.25, 0.3) is 76.8 Å². The molecule has 0 N–H and O–H groups in total. The minimum absolute atomic E-state index is 0.0921. The maximum Gasteiger partial charge on any atom is 0.0645 e. The first-order valence-electron chi connectivity index (χ1n) is 20.6. The summed E-state index contributed by atoms with van der Waals surface area (Å²) in [5, 5.41) is 6.74. The third-order valence-electron chi connectivity index (χ3n) is 10.5. The zero-order valence-electron chi connectivity index (χ0n) is 34.0. The van der Waals surface area contributed by atoms with Gasteiger partial charge in [0.1, 0.15) is 0 Å². The van der Waals surface area contributed by atoms with E-state index < -0.39 is 0 Å². The standard InChI is InChI=1S/C54H37N/c1-2-13-45(14-3-1)54-52-17-9-8-12-43(52)29-35-53(54)44-27-32-50(33-28-44)55(51-34-26-39-11-5-7-16-47(39)37-51)49-30-24-41(25-31-49)40-18-20-42(21-19-40)48-23-22-38-10-4-6-15-46(38)36-48/h1-37H/i24D,25D,30D,31D. The van der Waals surface area contributed by atoms with Crippen LogP contribution in [0.15, 0.2) is 224 Å². The van der Waals surface area contributed by atoms with Gasteiger partial charge in [-0.2, -0.15) is 0 Å². The molecule has 0 bridgehead atoms. The number of hydrogen-bond donors (Lipinski definition) is 0. The first kappa shape index (κ1) is 28.3. The summed E-state index contributed by atoms with van der Waals surface area (Å²) >= 11 is 0. The summed E-state index contributed by atoms with van der Waals surface area (Å²) in [5.41, 5.74) is 9.04. The molecular weight excluding hydrogens is 663 g/mol. The second-order valence-corrected chi connectivity index (χ2v) is 13.9. The molecule has 0 aromatic heterocycles. The van der Waals surface area contributed by atoms with Gasteiger partial charge in [0.2, 0.25) is 0 Å². The van der Waals surface area contributed by atoms with E-state index in [-0.39, 0.29) is 35.4 Å². The Bertz CT molecular complexity index is 3170. The highest BCUT2D eigenvalue weighted by molar-refractivity contribution is 6.04. The fourth-order valence-electron chi connectivity index (χ4n) is 7.70. The number of benzene rings is 10. The van der Waals surface area contributed by atoms with E-state index in [0.717, 1.165) is 60.9 Å². The fourth-order valence-corrected chi connectivity index (χ4v) is 7.70. The minimum Gasteiger partial charge on any atom is -0.310 e. The first-order valence-corrected chi connectivity index (χ1v) is 18.6. The normalized spacial score (nSPS) is 12.3. The molecule has 10 rings (SSSR count). The maximum atomic E-state index is 9.51. The molecule has 0 unspecified atom stereocenters. The van der Waals surface area contributed by atoms with Crippen LogP contribution < -0.4 is 4.90 Å². The van der Waals surface area contributed by atoms with Gasteiger partial charge in [-0.1, -0.05) is 182 Å². The van der Waals surface area contributed by atoms with Crippen LogP contribution in [-0.4, -0.2) is 0 Å². The van der Waals surface area contributed by atoms with Gasteiger partial charge in [-0.3, -0.25) is 0 Å². The van der Waals surface area contributed by atoms with Crippen molar-refractivity contribution in [3.63, 3.8) is 0 Å². The highest BCUT2D eigenvalue weighted by Crippen LogP contribution is 2.41. The molecule has 0 radical (unpaired) electrons. The van der Waals surface area contributed by atoms with Crippen molar-refractivity contribution in [2.45, 2.75) is 0 Å². The minimum atomic E-state index is -0.113. The Morgan fingerprint density at radius 3 is 1.51 bits per heavy atom. The van der Waals surface area contributed by atoms with Gasteiger partial charge in [0.05, 0.1) is 5.48 Å². The van der Waals surface area contributed by atoms with E-state index in [4.69, 9.17) is 0 Å². The van der Waals surface area contributed by atoms with E-state index in [1.54, 1.807) is 0 Å². The average molecular weight is 704 g/mol. The van der Waals surface area contributed by atoms with Crippen LogP contribution >= 0.6 is 0 Å². The lowest BCUT2D eigenvalue weighted by atomic mass is 9.90. The number of nitrogens with zero attached hydrogens (tertiary/aromatic N) is 1. The summed E-state index contributed by atoms with van der Waals surface area (Å²) in [6.07, 6.45) is 0. The average Bonchev–Trinajstić information content (AvgIpc) is 3.30. The van der Waals surface area contributed by atoms with Crippen molar-refractivity contribution in [1.82, 2.24) is 0 Å². The van der Waals surface area contributed by atoms with Gasteiger partial charge in [0.15, 0.2) is 0 Å². The van der Waals surface area contributed by atoms with Gasteiger partial charge in [-0.15, -0.1) is 0 Å².